The molecule has 0 saturated carbocycles. The molecule has 41 heavy (non-hydrogen) atoms. The maximum Gasteiger partial charge on any atom is 0.417 e. The van der Waals surface area contributed by atoms with Crippen LogP contribution in [0.2, 0.25) is 5.02 Å². The van der Waals surface area contributed by atoms with Gasteiger partial charge in [0.1, 0.15) is 16.5 Å². The normalized spacial score (nSPS) is 16.3. The topological polar surface area (TPSA) is 72.3 Å². The van der Waals surface area contributed by atoms with Crippen LogP contribution in [0.3, 0.4) is 0 Å². The van der Waals surface area contributed by atoms with E-state index in [0.717, 1.165) is 18.3 Å². The van der Waals surface area contributed by atoms with Gasteiger partial charge in [0.15, 0.2) is 5.78 Å². The van der Waals surface area contributed by atoms with E-state index in [1.54, 1.807) is 12.1 Å². The summed E-state index contributed by atoms with van der Waals surface area (Å²) in [4.78, 5) is 20.6. The number of hydrogen-bond acceptors (Lipinski definition) is 6. The molecule has 1 atom stereocenters. The highest BCUT2D eigenvalue weighted by molar-refractivity contribution is 7.99. The van der Waals surface area contributed by atoms with Crippen LogP contribution in [0.15, 0.2) is 59.6 Å². The minimum atomic E-state index is -4.60. The van der Waals surface area contributed by atoms with Crippen LogP contribution in [-0.2, 0) is 23.6 Å². The Balaban J connectivity index is 1.43. The fraction of sp³-hybridized carbons (Fsp3) is 0.321. The Kier molecular flexibility index (Phi) is 9.22. The van der Waals surface area contributed by atoms with Crippen molar-refractivity contribution in [2.24, 2.45) is 5.92 Å². The number of carbonyl (C=O) groups is 1. The van der Waals surface area contributed by atoms with Crippen molar-refractivity contribution < 1.29 is 41.0 Å². The number of allylic oxidation sites excluding steroid dienone is 2. The van der Waals surface area contributed by atoms with Gasteiger partial charge in [-0.05, 0) is 66.0 Å². The molecular weight excluding hydrogens is 594 g/mol. The van der Waals surface area contributed by atoms with Crippen molar-refractivity contribution in [2.45, 2.75) is 50.0 Å². The Bertz CT molecular complexity index is 1460. The van der Waals surface area contributed by atoms with Crippen molar-refractivity contribution in [3.63, 3.8) is 0 Å². The summed E-state index contributed by atoms with van der Waals surface area (Å²) in [6, 6.07) is 7.71. The summed E-state index contributed by atoms with van der Waals surface area (Å²) in [5.41, 5.74) is -0.440. The second kappa shape index (κ2) is 12.3. The standard InChI is InChI=1S/C28H23ClF6N2O3S/c1-2-16-11-19(40-26-21(29)12-18(14-37-26)28(33,34)35)4-5-20(16)25-22(38)9-15(10-23(25)39)7-8-41-24-6-3-17(13-36-24)27(30,31)32/h3-6,11-15,38H,2,7-10H2,1H3. The van der Waals surface area contributed by atoms with E-state index in [0.29, 0.717) is 40.9 Å². The van der Waals surface area contributed by atoms with Crippen LogP contribution in [0.5, 0.6) is 11.6 Å². The van der Waals surface area contributed by atoms with Gasteiger partial charge >= 0.3 is 12.4 Å². The lowest BCUT2D eigenvalue weighted by atomic mass is 9.81. The lowest BCUT2D eigenvalue weighted by Gasteiger charge is -2.24. The molecule has 13 heteroatoms. The predicted molar refractivity (Wildman–Crippen MR) is 142 cm³/mol. The third-order valence-electron chi connectivity index (χ3n) is 6.44. The first-order chi connectivity index (χ1) is 19.3. The number of aromatic nitrogens is 2. The molecule has 5 nitrogen and oxygen atoms in total. The molecule has 3 aromatic rings. The van der Waals surface area contributed by atoms with Crippen LogP contribution in [0.1, 0.15) is 48.4 Å². The average molecular weight is 617 g/mol. The largest absolute Gasteiger partial charge is 0.512 e. The first-order valence-electron chi connectivity index (χ1n) is 12.4. The summed E-state index contributed by atoms with van der Waals surface area (Å²) in [6.45, 7) is 1.84. The highest BCUT2D eigenvalue weighted by Gasteiger charge is 2.33. The van der Waals surface area contributed by atoms with Crippen LogP contribution in [0.25, 0.3) is 5.57 Å². The second-order valence-corrected chi connectivity index (χ2v) is 10.8. The van der Waals surface area contributed by atoms with E-state index < -0.39 is 23.5 Å². The Morgan fingerprint density at radius 1 is 1.00 bits per heavy atom. The molecule has 0 spiro atoms. The van der Waals surface area contributed by atoms with Crippen LogP contribution >= 0.6 is 23.4 Å². The Hall–Kier alpha value is -3.25. The molecule has 1 aliphatic rings. The number of aliphatic hydroxyl groups is 1. The number of benzene rings is 1. The zero-order chi connectivity index (χ0) is 29.9. The van der Waals surface area contributed by atoms with E-state index in [4.69, 9.17) is 16.3 Å². The Labute approximate surface area is 240 Å². The third-order valence-corrected chi connectivity index (χ3v) is 7.69. The summed E-state index contributed by atoms with van der Waals surface area (Å²) in [6.07, 6.45) is -6.20. The number of aliphatic hydroxyl groups excluding tert-OH is 1. The Morgan fingerprint density at radius 3 is 2.29 bits per heavy atom. The average Bonchev–Trinajstić information content (AvgIpc) is 2.89. The predicted octanol–water partition coefficient (Wildman–Crippen LogP) is 8.95. The molecular formula is C28H23ClF6N2O3S. The second-order valence-electron chi connectivity index (χ2n) is 9.32. The molecule has 1 aromatic carbocycles. The number of carbonyl (C=O) groups excluding carboxylic acids is 1. The zero-order valence-electron chi connectivity index (χ0n) is 21.4. The molecule has 4 rings (SSSR count). The fourth-order valence-electron chi connectivity index (χ4n) is 4.38. The van der Waals surface area contributed by atoms with E-state index in [1.807, 2.05) is 6.92 Å². The van der Waals surface area contributed by atoms with Crippen LogP contribution in [0.4, 0.5) is 26.3 Å². The molecule has 0 radical (unpaired) electrons. The van der Waals surface area contributed by atoms with Gasteiger partial charge in [0.25, 0.3) is 0 Å². The van der Waals surface area contributed by atoms with E-state index in [9.17, 15) is 36.2 Å². The van der Waals surface area contributed by atoms with Crippen molar-refractivity contribution in [1.29, 1.82) is 0 Å². The number of aryl methyl sites for hydroxylation is 1. The molecule has 0 saturated heterocycles. The monoisotopic (exact) mass is 616 g/mol. The molecule has 2 heterocycles. The van der Waals surface area contributed by atoms with E-state index in [-0.39, 0.29) is 52.5 Å². The lowest BCUT2D eigenvalue weighted by molar-refractivity contribution is -0.138. The number of ether oxygens (including phenoxy) is 1. The quantitative estimate of drug-likeness (QED) is 0.201. The van der Waals surface area contributed by atoms with Crippen LogP contribution < -0.4 is 4.74 Å². The number of pyridine rings is 2. The van der Waals surface area contributed by atoms with Crippen LogP contribution in [0, 0.1) is 5.92 Å². The fourth-order valence-corrected chi connectivity index (χ4v) is 5.54. The molecule has 0 fully saturated rings. The smallest absolute Gasteiger partial charge is 0.417 e. The lowest BCUT2D eigenvalue weighted by Crippen LogP contribution is -2.20. The van der Waals surface area contributed by atoms with Gasteiger partial charge in [-0.15, -0.1) is 11.8 Å². The van der Waals surface area contributed by atoms with Gasteiger partial charge in [0.05, 0.1) is 21.7 Å². The maximum atomic E-state index is 13.1. The third kappa shape index (κ3) is 7.53. The number of rotatable bonds is 8. The van der Waals surface area contributed by atoms with Crippen LogP contribution in [-0.4, -0.2) is 26.6 Å². The van der Waals surface area contributed by atoms with E-state index in [1.165, 1.54) is 23.9 Å². The van der Waals surface area contributed by atoms with Gasteiger partial charge in [-0.2, -0.15) is 26.3 Å². The summed E-state index contributed by atoms with van der Waals surface area (Å²) in [7, 11) is 0. The SMILES string of the molecule is CCc1cc(Oc2ncc(C(F)(F)F)cc2Cl)ccc1C1=C(O)CC(CCSc2ccc(C(F)(F)F)cn2)CC1=O. The molecule has 0 aliphatic heterocycles. The first kappa shape index (κ1) is 30.7. The minimum absolute atomic E-state index is 0.0558. The van der Waals surface area contributed by atoms with Crippen molar-refractivity contribution >= 4 is 34.7 Å². The first-order valence-corrected chi connectivity index (χ1v) is 13.8. The molecule has 0 amide bonds. The highest BCUT2D eigenvalue weighted by atomic mass is 35.5. The number of alkyl halides is 6. The molecule has 218 valence electrons. The Morgan fingerprint density at radius 2 is 1.71 bits per heavy atom. The van der Waals surface area contributed by atoms with Gasteiger partial charge < -0.3 is 9.84 Å². The number of hydrogen-bond donors (Lipinski definition) is 1. The molecule has 2 aromatic heterocycles. The molecule has 1 aliphatic carbocycles. The minimum Gasteiger partial charge on any atom is -0.512 e. The number of thioether (sulfide) groups is 1. The van der Waals surface area contributed by atoms with Crippen molar-refractivity contribution in [3.05, 3.63) is 81.8 Å². The van der Waals surface area contributed by atoms with Crippen molar-refractivity contribution in [3.8, 4) is 11.6 Å². The van der Waals surface area contributed by atoms with Crippen molar-refractivity contribution in [1.82, 2.24) is 9.97 Å². The van der Waals surface area contributed by atoms with Gasteiger partial charge in [0, 0.05) is 25.2 Å². The van der Waals surface area contributed by atoms with Gasteiger partial charge in [-0.1, -0.05) is 24.6 Å². The number of Topliss-reactive ketones (excluding diaryl/α,β-unsaturated/α-hetero) is 1. The van der Waals surface area contributed by atoms with E-state index >= 15 is 0 Å². The highest BCUT2D eigenvalue weighted by Crippen LogP contribution is 2.39. The van der Waals surface area contributed by atoms with E-state index in [2.05, 4.69) is 9.97 Å². The molecule has 0 bridgehead atoms. The summed E-state index contributed by atoms with van der Waals surface area (Å²) in [5, 5.41) is 10.9. The number of ketones is 1. The van der Waals surface area contributed by atoms with Crippen molar-refractivity contribution in [2.75, 3.05) is 5.75 Å². The molecule has 1 unspecified atom stereocenters. The van der Waals surface area contributed by atoms with Gasteiger partial charge in [-0.3, -0.25) is 4.79 Å². The number of nitrogens with zero attached hydrogens (tertiary/aromatic N) is 2. The number of halogens is 7. The summed E-state index contributed by atoms with van der Waals surface area (Å²) in [5.74, 6) is 0.0965. The van der Waals surface area contributed by atoms with Gasteiger partial charge in [-0.25, -0.2) is 9.97 Å². The van der Waals surface area contributed by atoms with Gasteiger partial charge in [0.2, 0.25) is 5.88 Å². The zero-order valence-corrected chi connectivity index (χ0v) is 23.0. The summed E-state index contributed by atoms with van der Waals surface area (Å²) < 4.78 is 82.4. The molecule has 1 N–H and O–H groups in total. The summed E-state index contributed by atoms with van der Waals surface area (Å²) >= 11 is 7.21. The maximum absolute atomic E-state index is 13.1.